The third-order valence-electron chi connectivity index (χ3n) is 5.90. The molecular weight excluding hydrogens is 301 g/mol. The summed E-state index contributed by atoms with van der Waals surface area (Å²) in [6.45, 7) is 9.19. The monoisotopic (exact) mass is 327 g/mol. The Morgan fingerprint density at radius 1 is 1.08 bits per heavy atom. The predicted molar refractivity (Wildman–Crippen MR) is 96.1 cm³/mol. The van der Waals surface area contributed by atoms with Gasteiger partial charge in [-0.1, -0.05) is 18.2 Å². The summed E-state index contributed by atoms with van der Waals surface area (Å²) in [6, 6.07) is 6.54. The highest BCUT2D eigenvalue weighted by Gasteiger charge is 2.51. The van der Waals surface area contributed by atoms with Crippen molar-refractivity contribution in [3.8, 4) is 0 Å². The Bertz CT molecular complexity index is 649. The van der Waals surface area contributed by atoms with Crippen LogP contribution >= 0.6 is 0 Å². The third-order valence-corrected chi connectivity index (χ3v) is 5.90. The van der Waals surface area contributed by atoms with Gasteiger partial charge >= 0.3 is 7.12 Å². The van der Waals surface area contributed by atoms with E-state index in [1.54, 1.807) is 0 Å². The minimum Gasteiger partial charge on any atom is -0.399 e. The Morgan fingerprint density at radius 2 is 1.83 bits per heavy atom. The molecule has 4 nitrogen and oxygen atoms in total. The summed E-state index contributed by atoms with van der Waals surface area (Å²) in [4.78, 5) is 4.72. The standard InChI is InChI=1S/C19H26BNO3/c1-18(2)19(3,4)24-20(23-18)14-9-8-13-12-21-17(15(13)11-14)16-7-5-6-10-22-16/h8-9,11-12,16-17H,5-7,10H2,1-4H3. The van der Waals surface area contributed by atoms with E-state index >= 15 is 0 Å². The minimum absolute atomic E-state index is 0.114. The Hall–Kier alpha value is -1.17. The van der Waals surface area contributed by atoms with Crippen LogP contribution in [-0.2, 0) is 14.0 Å². The molecule has 2 fully saturated rings. The fraction of sp³-hybridized carbons (Fsp3) is 0.632. The van der Waals surface area contributed by atoms with Crippen molar-refractivity contribution in [2.45, 2.75) is 70.3 Å². The van der Waals surface area contributed by atoms with Gasteiger partial charge in [0, 0.05) is 12.8 Å². The number of fused-ring (bicyclic) bond motifs is 1. The van der Waals surface area contributed by atoms with Gasteiger partial charge in [0.05, 0.1) is 17.3 Å². The van der Waals surface area contributed by atoms with Gasteiger partial charge in [0.1, 0.15) is 6.04 Å². The molecule has 3 aliphatic rings. The summed E-state index contributed by atoms with van der Waals surface area (Å²) in [5, 5.41) is 0. The molecule has 0 saturated carbocycles. The summed E-state index contributed by atoms with van der Waals surface area (Å²) in [7, 11) is -0.325. The lowest BCUT2D eigenvalue weighted by molar-refractivity contribution is 0.00124. The van der Waals surface area contributed by atoms with Crippen LogP contribution in [-0.4, -0.2) is 37.2 Å². The normalized spacial score (nSPS) is 30.6. The van der Waals surface area contributed by atoms with Crippen molar-refractivity contribution >= 4 is 18.8 Å². The maximum atomic E-state index is 6.20. The molecule has 3 heterocycles. The number of nitrogens with zero attached hydrogens (tertiary/aromatic N) is 1. The van der Waals surface area contributed by atoms with Gasteiger partial charge in [0.25, 0.3) is 0 Å². The molecular formula is C19H26BNO3. The second-order valence-corrected chi connectivity index (χ2v) is 8.10. The smallest absolute Gasteiger partial charge is 0.399 e. The molecule has 2 saturated heterocycles. The van der Waals surface area contributed by atoms with Crippen LogP contribution in [0.2, 0.25) is 0 Å². The first-order valence-corrected chi connectivity index (χ1v) is 9.02. The van der Waals surface area contributed by atoms with E-state index in [0.29, 0.717) is 0 Å². The molecule has 0 spiro atoms. The molecule has 3 aliphatic heterocycles. The summed E-state index contributed by atoms with van der Waals surface area (Å²) < 4.78 is 18.4. The van der Waals surface area contributed by atoms with E-state index in [2.05, 4.69) is 45.9 Å². The van der Waals surface area contributed by atoms with Gasteiger partial charge in [0.2, 0.25) is 0 Å². The van der Waals surface area contributed by atoms with Crippen molar-refractivity contribution in [2.24, 2.45) is 4.99 Å². The number of aliphatic imine (C=N–C) groups is 1. The molecule has 1 aromatic carbocycles. The first-order chi connectivity index (χ1) is 11.4. The second-order valence-electron chi connectivity index (χ2n) is 8.10. The van der Waals surface area contributed by atoms with Crippen LogP contribution in [0.5, 0.6) is 0 Å². The van der Waals surface area contributed by atoms with Gasteiger partial charge < -0.3 is 14.0 Å². The Labute approximate surface area is 144 Å². The third kappa shape index (κ3) is 2.63. The van der Waals surface area contributed by atoms with Crippen molar-refractivity contribution in [3.63, 3.8) is 0 Å². The fourth-order valence-electron chi connectivity index (χ4n) is 3.64. The average Bonchev–Trinajstić information content (AvgIpc) is 3.06. The summed E-state index contributed by atoms with van der Waals surface area (Å²) in [6.07, 6.45) is 5.65. The highest BCUT2D eigenvalue weighted by molar-refractivity contribution is 6.62. The number of benzene rings is 1. The van der Waals surface area contributed by atoms with E-state index in [1.165, 1.54) is 17.5 Å². The highest BCUT2D eigenvalue weighted by Crippen LogP contribution is 2.38. The van der Waals surface area contributed by atoms with Crippen molar-refractivity contribution in [1.29, 1.82) is 0 Å². The summed E-state index contributed by atoms with van der Waals surface area (Å²) in [5.74, 6) is 0. The van der Waals surface area contributed by atoms with Crippen LogP contribution in [0, 0.1) is 0 Å². The molecule has 24 heavy (non-hydrogen) atoms. The first kappa shape index (κ1) is 16.3. The van der Waals surface area contributed by atoms with Crippen molar-refractivity contribution in [1.82, 2.24) is 0 Å². The predicted octanol–water partition coefficient (Wildman–Crippen LogP) is 3.03. The molecule has 0 amide bonds. The van der Waals surface area contributed by atoms with Crippen LogP contribution in [0.1, 0.15) is 64.1 Å². The molecule has 5 heteroatoms. The lowest BCUT2D eigenvalue weighted by Crippen LogP contribution is -2.41. The fourth-order valence-corrected chi connectivity index (χ4v) is 3.64. The first-order valence-electron chi connectivity index (χ1n) is 9.02. The number of hydrogen-bond donors (Lipinski definition) is 0. The van der Waals surface area contributed by atoms with Gasteiger partial charge in [0.15, 0.2) is 0 Å². The Morgan fingerprint density at radius 3 is 2.50 bits per heavy atom. The lowest BCUT2D eigenvalue weighted by atomic mass is 9.77. The zero-order valence-corrected chi connectivity index (χ0v) is 15.0. The molecule has 0 aromatic heterocycles. The molecule has 128 valence electrons. The van der Waals surface area contributed by atoms with E-state index in [-0.39, 0.29) is 30.5 Å². The molecule has 2 unspecified atom stereocenters. The van der Waals surface area contributed by atoms with Crippen molar-refractivity contribution in [2.75, 3.05) is 6.61 Å². The van der Waals surface area contributed by atoms with E-state index in [0.717, 1.165) is 24.9 Å². The molecule has 2 atom stereocenters. The van der Waals surface area contributed by atoms with Crippen LogP contribution in [0.25, 0.3) is 0 Å². The van der Waals surface area contributed by atoms with E-state index in [1.807, 2.05) is 6.21 Å². The van der Waals surface area contributed by atoms with Crippen LogP contribution in [0.3, 0.4) is 0 Å². The molecule has 4 rings (SSSR count). The largest absolute Gasteiger partial charge is 0.494 e. The summed E-state index contributed by atoms with van der Waals surface area (Å²) >= 11 is 0. The van der Waals surface area contributed by atoms with Gasteiger partial charge in [-0.15, -0.1) is 0 Å². The molecule has 1 aromatic rings. The minimum atomic E-state index is -0.325. The Kier molecular flexibility index (Phi) is 3.86. The average molecular weight is 327 g/mol. The van der Waals surface area contributed by atoms with Crippen LogP contribution in [0.15, 0.2) is 23.2 Å². The van der Waals surface area contributed by atoms with Crippen LogP contribution < -0.4 is 5.46 Å². The van der Waals surface area contributed by atoms with Gasteiger partial charge in [-0.05, 0) is 63.5 Å². The SMILES string of the molecule is CC1(C)OB(c2ccc3c(c2)C(C2CCCCO2)N=C3)OC1(C)C. The van der Waals surface area contributed by atoms with Gasteiger partial charge in [-0.3, -0.25) is 4.99 Å². The van der Waals surface area contributed by atoms with Crippen molar-refractivity contribution < 1.29 is 14.0 Å². The number of ether oxygens (including phenoxy) is 1. The topological polar surface area (TPSA) is 40.0 Å². The van der Waals surface area contributed by atoms with Crippen LogP contribution in [0.4, 0.5) is 0 Å². The maximum Gasteiger partial charge on any atom is 0.494 e. The molecule has 0 radical (unpaired) electrons. The molecule has 0 aliphatic carbocycles. The molecule has 0 N–H and O–H groups in total. The number of rotatable bonds is 2. The van der Waals surface area contributed by atoms with Gasteiger partial charge in [-0.25, -0.2) is 0 Å². The zero-order valence-electron chi connectivity index (χ0n) is 15.0. The van der Waals surface area contributed by atoms with E-state index in [4.69, 9.17) is 19.0 Å². The second kappa shape index (κ2) is 5.68. The van der Waals surface area contributed by atoms with E-state index in [9.17, 15) is 0 Å². The lowest BCUT2D eigenvalue weighted by Gasteiger charge is -2.32. The number of hydrogen-bond acceptors (Lipinski definition) is 4. The van der Waals surface area contributed by atoms with E-state index < -0.39 is 0 Å². The highest BCUT2D eigenvalue weighted by atomic mass is 16.7. The van der Waals surface area contributed by atoms with Crippen molar-refractivity contribution in [3.05, 3.63) is 29.3 Å². The molecule has 0 bridgehead atoms. The van der Waals surface area contributed by atoms with Gasteiger partial charge in [-0.2, -0.15) is 0 Å². The zero-order chi connectivity index (χ0) is 16.9. The summed E-state index contributed by atoms with van der Waals surface area (Å²) in [5.41, 5.74) is 2.86. The maximum absolute atomic E-state index is 6.20. The quantitative estimate of drug-likeness (QED) is 0.784. The Balaban J connectivity index is 1.60.